The van der Waals surface area contributed by atoms with Crippen molar-refractivity contribution < 1.29 is 38.6 Å². The number of carbonyl (C=O) groups is 6. The summed E-state index contributed by atoms with van der Waals surface area (Å²) in [7, 11) is 0. The SMILES string of the molecule is CC(=O)N[C@H](CC(=O)NC(c1ccccc1)(c1ccccc1)c1ccccc1)C(=O)N[C@@H](C(=O)N[C@H](CCCCNC(=O)OC(C)(C)C)C(=O)O)C(C)C. The van der Waals surface area contributed by atoms with Crippen molar-refractivity contribution in [2.24, 2.45) is 5.92 Å². The molecular weight excluding hydrogens is 690 g/mol. The topological polar surface area (TPSA) is 192 Å². The minimum absolute atomic E-state index is 0.0660. The molecule has 0 aliphatic rings. The molecule has 0 radical (unpaired) electrons. The Morgan fingerprint density at radius 2 is 1.19 bits per heavy atom. The number of carboxylic acids is 1. The lowest BCUT2D eigenvalue weighted by molar-refractivity contribution is -0.143. The molecule has 0 saturated heterocycles. The van der Waals surface area contributed by atoms with Gasteiger partial charge in [-0.3, -0.25) is 19.2 Å². The van der Waals surface area contributed by atoms with Crippen molar-refractivity contribution in [3.05, 3.63) is 108 Å². The predicted octanol–water partition coefficient (Wildman–Crippen LogP) is 4.39. The van der Waals surface area contributed by atoms with Gasteiger partial charge in [0.25, 0.3) is 0 Å². The lowest BCUT2D eigenvalue weighted by Gasteiger charge is -2.37. The van der Waals surface area contributed by atoms with Crippen LogP contribution in [0.25, 0.3) is 0 Å². The van der Waals surface area contributed by atoms with Gasteiger partial charge in [-0.1, -0.05) is 105 Å². The summed E-state index contributed by atoms with van der Waals surface area (Å²) in [6, 6.07) is 24.4. The molecule has 0 unspecified atom stereocenters. The van der Waals surface area contributed by atoms with Crippen LogP contribution in [0.3, 0.4) is 0 Å². The van der Waals surface area contributed by atoms with Gasteiger partial charge in [-0.25, -0.2) is 9.59 Å². The third-order valence-electron chi connectivity index (χ3n) is 8.48. The van der Waals surface area contributed by atoms with Crippen molar-refractivity contribution in [1.82, 2.24) is 26.6 Å². The standard InChI is InChI=1S/C41H53N5O8/c1-27(2)35(37(50)44-32(38(51)52)24-16-17-25-42-39(53)54-40(4,5)6)45-36(49)33(43-28(3)47)26-34(48)46-41(29-18-10-7-11-19-29,30-20-12-8-13-21-30)31-22-14-9-15-23-31/h7-15,18-23,27,32-33,35H,16-17,24-26H2,1-6H3,(H,42,53)(H,43,47)(H,44,50)(H,45,49)(H,46,48)(H,51,52)/t32-,33-,35-/m1/s1. The highest BCUT2D eigenvalue weighted by Gasteiger charge is 2.39. The number of unbranched alkanes of at least 4 members (excludes halogenated alkanes) is 1. The molecule has 54 heavy (non-hydrogen) atoms. The maximum absolute atomic E-state index is 14.1. The van der Waals surface area contributed by atoms with Crippen molar-refractivity contribution in [3.8, 4) is 0 Å². The van der Waals surface area contributed by atoms with Crippen LogP contribution >= 0.6 is 0 Å². The molecule has 290 valence electrons. The van der Waals surface area contributed by atoms with Crippen molar-refractivity contribution in [2.75, 3.05) is 6.54 Å². The van der Waals surface area contributed by atoms with Crippen molar-refractivity contribution in [2.45, 2.75) is 96.5 Å². The summed E-state index contributed by atoms with van der Waals surface area (Å²) in [5, 5.41) is 23.3. The Balaban J connectivity index is 1.77. The number of carbonyl (C=O) groups excluding carboxylic acids is 5. The number of rotatable bonds is 18. The number of aliphatic carboxylic acids is 1. The van der Waals surface area contributed by atoms with Gasteiger partial charge >= 0.3 is 12.1 Å². The first-order valence-electron chi connectivity index (χ1n) is 18.1. The highest BCUT2D eigenvalue weighted by molar-refractivity contribution is 5.95. The van der Waals surface area contributed by atoms with Crippen LogP contribution in [-0.4, -0.2) is 71.1 Å². The average molecular weight is 744 g/mol. The summed E-state index contributed by atoms with van der Waals surface area (Å²) in [6.07, 6.45) is -0.192. The Bertz CT molecular complexity index is 1610. The molecule has 3 rings (SSSR count). The van der Waals surface area contributed by atoms with Crippen LogP contribution in [0.2, 0.25) is 0 Å². The van der Waals surface area contributed by atoms with Crippen molar-refractivity contribution in [1.29, 1.82) is 0 Å². The highest BCUT2D eigenvalue weighted by Crippen LogP contribution is 2.37. The average Bonchev–Trinajstić information content (AvgIpc) is 3.11. The molecule has 3 aromatic rings. The van der Waals surface area contributed by atoms with Gasteiger partial charge in [-0.05, 0) is 62.6 Å². The lowest BCUT2D eigenvalue weighted by atomic mass is 9.77. The zero-order valence-corrected chi connectivity index (χ0v) is 31.8. The fourth-order valence-corrected chi connectivity index (χ4v) is 5.97. The maximum atomic E-state index is 14.1. The van der Waals surface area contributed by atoms with E-state index in [2.05, 4.69) is 26.6 Å². The lowest BCUT2D eigenvalue weighted by Crippen LogP contribution is -2.58. The number of nitrogens with one attached hydrogen (secondary N) is 5. The van der Waals surface area contributed by atoms with E-state index in [4.69, 9.17) is 4.74 Å². The summed E-state index contributed by atoms with van der Waals surface area (Å²) >= 11 is 0. The molecule has 0 saturated carbocycles. The van der Waals surface area contributed by atoms with Crippen LogP contribution in [0.5, 0.6) is 0 Å². The molecule has 0 fully saturated rings. The molecule has 3 aromatic carbocycles. The van der Waals surface area contributed by atoms with E-state index in [0.29, 0.717) is 12.8 Å². The smallest absolute Gasteiger partial charge is 0.407 e. The second-order valence-corrected chi connectivity index (χ2v) is 14.4. The Morgan fingerprint density at radius 3 is 1.61 bits per heavy atom. The van der Waals surface area contributed by atoms with Gasteiger partial charge in [0, 0.05) is 13.5 Å². The number of carboxylic acid groups (broad SMARTS) is 1. The summed E-state index contributed by atoms with van der Waals surface area (Å²) in [6.45, 7) is 10.0. The van der Waals surface area contributed by atoms with E-state index < -0.39 is 77.3 Å². The summed E-state index contributed by atoms with van der Waals surface area (Å²) in [5.74, 6) is -4.41. The van der Waals surface area contributed by atoms with Crippen LogP contribution in [0.4, 0.5) is 4.79 Å². The quantitative estimate of drug-likeness (QED) is 0.0816. The Hall–Kier alpha value is -5.72. The molecule has 0 heterocycles. The summed E-state index contributed by atoms with van der Waals surface area (Å²) in [4.78, 5) is 77.5. The molecule has 0 spiro atoms. The molecule has 6 N–H and O–H groups in total. The van der Waals surface area contributed by atoms with Gasteiger partial charge in [0.1, 0.15) is 29.3 Å². The molecular formula is C41H53N5O8. The Kier molecular flexibility index (Phi) is 15.8. The zero-order chi connectivity index (χ0) is 39.9. The Morgan fingerprint density at radius 1 is 0.685 bits per heavy atom. The van der Waals surface area contributed by atoms with Crippen molar-refractivity contribution in [3.63, 3.8) is 0 Å². The fraction of sp³-hybridized carbons (Fsp3) is 0.415. The van der Waals surface area contributed by atoms with Crippen LogP contribution in [0, 0.1) is 5.92 Å². The third-order valence-corrected chi connectivity index (χ3v) is 8.48. The molecule has 13 heteroatoms. The number of ether oxygens (including phenoxy) is 1. The van der Waals surface area contributed by atoms with Crippen LogP contribution in [0.1, 0.15) is 83.9 Å². The first-order valence-corrected chi connectivity index (χ1v) is 18.1. The normalized spacial score (nSPS) is 13.1. The summed E-state index contributed by atoms with van der Waals surface area (Å²) in [5.41, 5.74) is 0.467. The number of alkyl carbamates (subject to hydrolysis) is 1. The second kappa shape index (κ2) is 19.9. The molecule has 0 aliphatic carbocycles. The fourth-order valence-electron chi connectivity index (χ4n) is 5.97. The molecule has 13 nitrogen and oxygen atoms in total. The molecule has 0 bridgehead atoms. The predicted molar refractivity (Wildman–Crippen MR) is 204 cm³/mol. The van der Waals surface area contributed by atoms with Crippen LogP contribution in [0.15, 0.2) is 91.0 Å². The minimum Gasteiger partial charge on any atom is -0.480 e. The van der Waals surface area contributed by atoms with Gasteiger partial charge in [-0.2, -0.15) is 0 Å². The number of benzene rings is 3. The molecule has 5 amide bonds. The number of hydrogen-bond donors (Lipinski definition) is 6. The summed E-state index contributed by atoms with van der Waals surface area (Å²) < 4.78 is 5.19. The highest BCUT2D eigenvalue weighted by atomic mass is 16.6. The van der Waals surface area contributed by atoms with E-state index in [1.165, 1.54) is 6.92 Å². The minimum atomic E-state index is -1.37. The first-order chi connectivity index (χ1) is 25.5. The molecule has 0 aromatic heterocycles. The molecule has 0 aliphatic heterocycles. The van der Waals surface area contributed by atoms with Gasteiger partial charge in [0.15, 0.2) is 0 Å². The van der Waals surface area contributed by atoms with Crippen LogP contribution in [-0.2, 0) is 34.2 Å². The molecule has 3 atom stereocenters. The van der Waals surface area contributed by atoms with Crippen molar-refractivity contribution >= 4 is 35.7 Å². The second-order valence-electron chi connectivity index (χ2n) is 14.4. The van der Waals surface area contributed by atoms with E-state index in [1.54, 1.807) is 34.6 Å². The van der Waals surface area contributed by atoms with E-state index in [0.717, 1.165) is 16.7 Å². The largest absolute Gasteiger partial charge is 0.480 e. The van der Waals surface area contributed by atoms with E-state index in [9.17, 15) is 33.9 Å². The van der Waals surface area contributed by atoms with Crippen LogP contribution < -0.4 is 26.6 Å². The van der Waals surface area contributed by atoms with E-state index in [1.807, 2.05) is 91.0 Å². The Labute approximate surface area is 317 Å². The zero-order valence-electron chi connectivity index (χ0n) is 31.8. The monoisotopic (exact) mass is 743 g/mol. The number of hydrogen-bond acceptors (Lipinski definition) is 7. The van der Waals surface area contributed by atoms with Gasteiger partial charge in [0.2, 0.25) is 23.6 Å². The van der Waals surface area contributed by atoms with E-state index in [-0.39, 0.29) is 13.0 Å². The number of amides is 5. The van der Waals surface area contributed by atoms with Gasteiger partial charge < -0.3 is 36.4 Å². The maximum Gasteiger partial charge on any atom is 0.407 e. The first kappa shape index (κ1) is 42.7. The van der Waals surface area contributed by atoms with E-state index >= 15 is 0 Å². The van der Waals surface area contributed by atoms with Gasteiger partial charge in [-0.15, -0.1) is 0 Å². The van der Waals surface area contributed by atoms with Gasteiger partial charge in [0.05, 0.1) is 6.42 Å². The third kappa shape index (κ3) is 12.7.